The zero-order valence-corrected chi connectivity index (χ0v) is 17.6. The predicted octanol–water partition coefficient (Wildman–Crippen LogP) is 5.16. The normalized spacial score (nSPS) is 32.5. The molecular formula is C26H31NO3. The number of aliphatic hydroxyl groups is 1. The molecule has 0 radical (unpaired) electrons. The van der Waals surface area contributed by atoms with Gasteiger partial charge in [0.2, 0.25) is 0 Å². The third-order valence-electron chi connectivity index (χ3n) is 8.16. The molecule has 3 aliphatic carbocycles. The van der Waals surface area contributed by atoms with Gasteiger partial charge in [0, 0.05) is 5.56 Å². The molecule has 158 valence electrons. The van der Waals surface area contributed by atoms with Crippen LogP contribution in [0.4, 0.5) is 0 Å². The summed E-state index contributed by atoms with van der Waals surface area (Å²) in [6.45, 7) is 2.72. The van der Waals surface area contributed by atoms with Crippen molar-refractivity contribution in [2.24, 2.45) is 22.4 Å². The standard InChI is InChI=1S/C26H31NO3/c1-26-12-11-20-21(23(26)9-10-25(26)29)8-7-18-14-24(28)19(13-22(18)20)15-27-30-16-17-5-3-2-4-6-17/h2-6,13-15,20-21,23,25,28-29H,7-12,16H2,1H3/t20-,21+,23-,25-,26-/m0/s1. The highest BCUT2D eigenvalue weighted by Gasteiger charge is 2.54. The topological polar surface area (TPSA) is 62.0 Å². The molecule has 0 heterocycles. The number of benzene rings is 2. The predicted molar refractivity (Wildman–Crippen MR) is 118 cm³/mol. The molecule has 5 atom stereocenters. The van der Waals surface area contributed by atoms with Crippen molar-refractivity contribution in [3.8, 4) is 5.75 Å². The molecule has 4 nitrogen and oxygen atoms in total. The summed E-state index contributed by atoms with van der Waals surface area (Å²) in [5.74, 6) is 2.04. The fourth-order valence-corrected chi connectivity index (χ4v) is 6.48. The Labute approximate surface area is 178 Å². The second kappa shape index (κ2) is 7.73. The number of oxime groups is 1. The van der Waals surface area contributed by atoms with Crippen molar-refractivity contribution in [1.82, 2.24) is 0 Å². The SMILES string of the molecule is C[C@]12CC[C@@H]3c4cc(C=NOCc5ccccc5)c(O)cc4CC[C@H]3[C@@H]1CC[C@@H]2O. The number of nitrogens with zero attached hydrogens (tertiary/aromatic N) is 1. The number of aromatic hydroxyl groups is 1. The fraction of sp³-hybridized carbons (Fsp3) is 0.500. The van der Waals surface area contributed by atoms with Gasteiger partial charge >= 0.3 is 0 Å². The average Bonchev–Trinajstić information content (AvgIpc) is 3.06. The molecule has 2 saturated carbocycles. The van der Waals surface area contributed by atoms with Crippen LogP contribution in [0, 0.1) is 17.3 Å². The number of phenolic OH excluding ortho intramolecular Hbond substituents is 1. The van der Waals surface area contributed by atoms with Gasteiger partial charge in [0.1, 0.15) is 12.4 Å². The molecule has 2 N–H and O–H groups in total. The first-order valence-electron chi connectivity index (χ1n) is 11.3. The monoisotopic (exact) mass is 405 g/mol. The zero-order chi connectivity index (χ0) is 20.7. The van der Waals surface area contributed by atoms with Crippen LogP contribution in [0.5, 0.6) is 5.75 Å². The van der Waals surface area contributed by atoms with E-state index in [-0.39, 0.29) is 17.3 Å². The Balaban J connectivity index is 1.35. The van der Waals surface area contributed by atoms with Crippen LogP contribution in [0.15, 0.2) is 47.6 Å². The smallest absolute Gasteiger partial charge is 0.142 e. The molecule has 0 unspecified atom stereocenters. The van der Waals surface area contributed by atoms with Crippen LogP contribution in [0.25, 0.3) is 0 Å². The van der Waals surface area contributed by atoms with Gasteiger partial charge < -0.3 is 15.1 Å². The van der Waals surface area contributed by atoms with Crippen LogP contribution in [-0.2, 0) is 17.9 Å². The van der Waals surface area contributed by atoms with Gasteiger partial charge in [-0.05, 0) is 90.5 Å². The van der Waals surface area contributed by atoms with Gasteiger partial charge in [0.25, 0.3) is 0 Å². The van der Waals surface area contributed by atoms with Gasteiger partial charge in [-0.1, -0.05) is 42.4 Å². The summed E-state index contributed by atoms with van der Waals surface area (Å²) in [7, 11) is 0. The lowest BCUT2D eigenvalue weighted by atomic mass is 9.55. The summed E-state index contributed by atoms with van der Waals surface area (Å²) in [5.41, 5.74) is 4.53. The Kier molecular flexibility index (Phi) is 5.06. The Hall–Kier alpha value is -2.33. The minimum Gasteiger partial charge on any atom is -0.507 e. The van der Waals surface area contributed by atoms with Gasteiger partial charge in [-0.3, -0.25) is 0 Å². The Morgan fingerprint density at radius 3 is 2.80 bits per heavy atom. The van der Waals surface area contributed by atoms with E-state index in [1.165, 1.54) is 11.1 Å². The van der Waals surface area contributed by atoms with Crippen LogP contribution in [0.1, 0.15) is 67.2 Å². The summed E-state index contributed by atoms with van der Waals surface area (Å²) < 4.78 is 0. The second-order valence-electron chi connectivity index (χ2n) is 9.66. The molecule has 2 aromatic carbocycles. The Morgan fingerprint density at radius 1 is 1.13 bits per heavy atom. The van der Waals surface area contributed by atoms with Crippen LogP contribution >= 0.6 is 0 Å². The van der Waals surface area contributed by atoms with E-state index in [9.17, 15) is 10.2 Å². The molecule has 5 rings (SSSR count). The van der Waals surface area contributed by atoms with Crippen molar-refractivity contribution in [2.45, 2.75) is 64.1 Å². The highest BCUT2D eigenvalue weighted by atomic mass is 16.6. The maximum Gasteiger partial charge on any atom is 0.142 e. The largest absolute Gasteiger partial charge is 0.507 e. The van der Waals surface area contributed by atoms with Gasteiger partial charge in [-0.25, -0.2) is 0 Å². The number of phenols is 1. The molecule has 0 bridgehead atoms. The third-order valence-corrected chi connectivity index (χ3v) is 8.16. The molecule has 0 amide bonds. The Morgan fingerprint density at radius 2 is 1.97 bits per heavy atom. The summed E-state index contributed by atoms with van der Waals surface area (Å²) in [5, 5.41) is 25.2. The summed E-state index contributed by atoms with van der Waals surface area (Å²) in [6.07, 6.45) is 7.96. The van der Waals surface area contributed by atoms with Crippen molar-refractivity contribution in [1.29, 1.82) is 0 Å². The first-order chi connectivity index (χ1) is 14.6. The highest BCUT2D eigenvalue weighted by molar-refractivity contribution is 5.83. The summed E-state index contributed by atoms with van der Waals surface area (Å²) >= 11 is 0. The number of hydrogen-bond acceptors (Lipinski definition) is 4. The highest BCUT2D eigenvalue weighted by Crippen LogP contribution is 2.61. The van der Waals surface area contributed by atoms with E-state index in [1.54, 1.807) is 6.21 Å². The molecule has 0 aromatic heterocycles. The van der Waals surface area contributed by atoms with Crippen LogP contribution in [0.3, 0.4) is 0 Å². The van der Waals surface area contributed by atoms with E-state index < -0.39 is 0 Å². The maximum atomic E-state index is 10.6. The third kappa shape index (κ3) is 3.31. The lowest BCUT2D eigenvalue weighted by Crippen LogP contribution is -2.43. The quantitative estimate of drug-likeness (QED) is 0.546. The van der Waals surface area contributed by atoms with Crippen molar-refractivity contribution >= 4 is 6.21 Å². The van der Waals surface area contributed by atoms with Crippen molar-refractivity contribution in [3.63, 3.8) is 0 Å². The maximum absolute atomic E-state index is 10.6. The Bertz CT molecular complexity index is 941. The average molecular weight is 406 g/mol. The van der Waals surface area contributed by atoms with Crippen LogP contribution in [-0.4, -0.2) is 22.5 Å². The van der Waals surface area contributed by atoms with Gasteiger partial charge in [-0.2, -0.15) is 0 Å². The number of aliphatic hydroxyl groups excluding tert-OH is 1. The zero-order valence-electron chi connectivity index (χ0n) is 17.6. The van der Waals surface area contributed by atoms with E-state index in [2.05, 4.69) is 18.1 Å². The lowest BCUT2D eigenvalue weighted by Gasteiger charge is -2.50. The minimum atomic E-state index is -0.144. The molecule has 2 fully saturated rings. The van der Waals surface area contributed by atoms with Crippen molar-refractivity contribution in [2.75, 3.05) is 0 Å². The summed E-state index contributed by atoms with van der Waals surface area (Å²) in [6, 6.07) is 14.0. The summed E-state index contributed by atoms with van der Waals surface area (Å²) in [4.78, 5) is 5.44. The van der Waals surface area contributed by atoms with E-state index in [4.69, 9.17) is 4.84 Å². The second-order valence-corrected chi connectivity index (χ2v) is 9.66. The van der Waals surface area contributed by atoms with E-state index in [1.807, 2.05) is 36.4 Å². The first kappa shape index (κ1) is 19.6. The van der Waals surface area contributed by atoms with E-state index in [0.29, 0.717) is 24.4 Å². The van der Waals surface area contributed by atoms with Gasteiger partial charge in [-0.15, -0.1) is 0 Å². The van der Waals surface area contributed by atoms with Gasteiger partial charge in [0.05, 0.1) is 12.3 Å². The van der Waals surface area contributed by atoms with Crippen molar-refractivity contribution < 1.29 is 15.1 Å². The molecule has 4 heteroatoms. The fourth-order valence-electron chi connectivity index (χ4n) is 6.48. The number of rotatable bonds is 4. The minimum absolute atomic E-state index is 0.0884. The lowest BCUT2D eigenvalue weighted by molar-refractivity contribution is -0.0226. The number of hydrogen-bond donors (Lipinski definition) is 2. The van der Waals surface area contributed by atoms with E-state index in [0.717, 1.165) is 49.7 Å². The van der Waals surface area contributed by atoms with Gasteiger partial charge in [0.15, 0.2) is 0 Å². The molecule has 0 saturated heterocycles. The molecule has 30 heavy (non-hydrogen) atoms. The molecule has 2 aromatic rings. The van der Waals surface area contributed by atoms with E-state index >= 15 is 0 Å². The molecule has 0 aliphatic heterocycles. The molecular weight excluding hydrogens is 374 g/mol. The number of fused-ring (bicyclic) bond motifs is 5. The van der Waals surface area contributed by atoms with Crippen LogP contribution < -0.4 is 0 Å². The van der Waals surface area contributed by atoms with Crippen molar-refractivity contribution in [3.05, 3.63) is 64.7 Å². The first-order valence-corrected chi connectivity index (χ1v) is 11.3. The number of aryl methyl sites for hydroxylation is 1. The molecule has 3 aliphatic rings. The van der Waals surface area contributed by atoms with Crippen LogP contribution in [0.2, 0.25) is 0 Å². The molecule has 0 spiro atoms.